The zero-order valence-electron chi connectivity index (χ0n) is 14.5. The lowest BCUT2D eigenvalue weighted by Gasteiger charge is -2.34. The summed E-state index contributed by atoms with van der Waals surface area (Å²) >= 11 is 0. The quantitative estimate of drug-likeness (QED) is 0.592. The first-order valence-corrected chi connectivity index (χ1v) is 9.83. The summed E-state index contributed by atoms with van der Waals surface area (Å²) in [6, 6.07) is 8.12. The van der Waals surface area contributed by atoms with Crippen LogP contribution in [0.5, 0.6) is 0 Å². The molecule has 9 heteroatoms. The van der Waals surface area contributed by atoms with E-state index in [4.69, 9.17) is 0 Å². The largest absolute Gasteiger partial charge is 0.341 e. The van der Waals surface area contributed by atoms with Crippen molar-refractivity contribution in [2.24, 2.45) is 0 Å². The molecule has 0 spiro atoms. The molecular weight excluding hydrogens is 344 g/mol. The number of nitrogens with zero attached hydrogens (tertiary/aromatic N) is 1. The molecule has 0 aromatic heterocycles. The third-order valence-corrected chi connectivity index (χ3v) is 6.27. The second-order valence-corrected chi connectivity index (χ2v) is 8.06. The normalized spacial score (nSPS) is 17.7. The molecule has 0 bridgehead atoms. The fraction of sp³-hybridized carbons (Fsp3) is 0.500. The predicted molar refractivity (Wildman–Crippen MR) is 93.4 cm³/mol. The Morgan fingerprint density at radius 2 is 1.80 bits per heavy atom. The second-order valence-electron chi connectivity index (χ2n) is 6.09. The van der Waals surface area contributed by atoms with Crippen LogP contribution in [0.15, 0.2) is 30.3 Å². The molecule has 1 atom stereocenters. The van der Waals surface area contributed by atoms with Crippen molar-refractivity contribution < 1.29 is 22.9 Å². The van der Waals surface area contributed by atoms with Crippen molar-refractivity contribution in [3.63, 3.8) is 0 Å². The van der Waals surface area contributed by atoms with E-state index in [0.717, 1.165) is 10.5 Å². The summed E-state index contributed by atoms with van der Waals surface area (Å²) in [7, 11) is -1.93. The van der Waals surface area contributed by atoms with Crippen LogP contribution >= 0.6 is 0 Å². The number of urea groups is 1. The lowest BCUT2D eigenvalue weighted by molar-refractivity contribution is -0.917. The summed E-state index contributed by atoms with van der Waals surface area (Å²) in [5.74, 6) is -0.384. The van der Waals surface area contributed by atoms with Crippen LogP contribution in [0.2, 0.25) is 0 Å². The monoisotopic (exact) mass is 369 g/mol. The van der Waals surface area contributed by atoms with Gasteiger partial charge in [-0.2, -0.15) is 4.31 Å². The molecule has 1 heterocycles. The van der Waals surface area contributed by atoms with Gasteiger partial charge in [-0.15, -0.1) is 0 Å². The number of hydrogen-bond donors (Lipinski definition) is 3. The molecule has 2 rings (SSSR count). The number of amides is 3. The number of quaternary nitrogens is 1. The van der Waals surface area contributed by atoms with Gasteiger partial charge in [-0.1, -0.05) is 30.3 Å². The predicted octanol–water partition coefficient (Wildman–Crippen LogP) is -1.44. The number of sulfonamides is 1. The Bertz CT molecular complexity index is 700. The Hall–Kier alpha value is -1.97. The first kappa shape index (κ1) is 19.4. The second kappa shape index (κ2) is 8.41. The maximum atomic E-state index is 12.5. The number of carbonyl (C=O) groups is 2. The van der Waals surface area contributed by atoms with Gasteiger partial charge in [-0.3, -0.25) is 10.1 Å². The third-order valence-electron chi connectivity index (χ3n) is 4.42. The standard InChI is InChI=1S/C16H24N4O4S/c1-13(15(21)18-16(22)17-2)19-8-10-20(11-9-19)25(23,24)12-14-6-4-3-5-7-14/h3-7,13H,8-12H2,1-2H3,(H2,17,18,21,22)/p+1/t13-/m1/s1. The molecule has 0 unspecified atom stereocenters. The molecule has 3 N–H and O–H groups in total. The van der Waals surface area contributed by atoms with Crippen LogP contribution in [-0.2, 0) is 20.6 Å². The van der Waals surface area contributed by atoms with E-state index >= 15 is 0 Å². The van der Waals surface area contributed by atoms with Crippen molar-refractivity contribution >= 4 is 22.0 Å². The first-order valence-electron chi connectivity index (χ1n) is 8.22. The summed E-state index contributed by atoms with van der Waals surface area (Å²) in [5.41, 5.74) is 0.760. The van der Waals surface area contributed by atoms with Crippen LogP contribution < -0.4 is 15.5 Å². The van der Waals surface area contributed by atoms with E-state index in [0.29, 0.717) is 26.2 Å². The number of rotatable bonds is 5. The van der Waals surface area contributed by atoms with Crippen molar-refractivity contribution in [2.45, 2.75) is 18.7 Å². The number of imide groups is 1. The van der Waals surface area contributed by atoms with Gasteiger partial charge in [0, 0.05) is 7.05 Å². The van der Waals surface area contributed by atoms with Gasteiger partial charge in [-0.25, -0.2) is 13.2 Å². The topological polar surface area (TPSA) is 100 Å². The van der Waals surface area contributed by atoms with E-state index in [9.17, 15) is 18.0 Å². The maximum absolute atomic E-state index is 12.5. The summed E-state index contributed by atoms with van der Waals surface area (Å²) in [4.78, 5) is 24.2. The molecule has 25 heavy (non-hydrogen) atoms. The van der Waals surface area contributed by atoms with Crippen LogP contribution in [-0.4, -0.2) is 63.9 Å². The van der Waals surface area contributed by atoms with Crippen molar-refractivity contribution in [1.82, 2.24) is 14.9 Å². The molecule has 1 aromatic carbocycles. The maximum Gasteiger partial charge on any atom is 0.321 e. The number of piperazine rings is 1. The highest BCUT2D eigenvalue weighted by Gasteiger charge is 2.34. The third kappa shape index (κ3) is 5.25. The number of carbonyl (C=O) groups excluding carboxylic acids is 2. The zero-order chi connectivity index (χ0) is 18.4. The van der Waals surface area contributed by atoms with E-state index in [1.807, 2.05) is 18.2 Å². The van der Waals surface area contributed by atoms with E-state index in [-0.39, 0.29) is 11.7 Å². The molecule has 0 saturated carbocycles. The Balaban J connectivity index is 1.90. The zero-order valence-corrected chi connectivity index (χ0v) is 15.3. The van der Waals surface area contributed by atoms with Crippen molar-refractivity contribution in [1.29, 1.82) is 0 Å². The Morgan fingerprint density at radius 1 is 1.20 bits per heavy atom. The van der Waals surface area contributed by atoms with Crippen LogP contribution in [0.25, 0.3) is 0 Å². The van der Waals surface area contributed by atoms with E-state index in [2.05, 4.69) is 10.6 Å². The smallest absolute Gasteiger partial charge is 0.321 e. The summed E-state index contributed by atoms with van der Waals surface area (Å²) in [6.07, 6.45) is 0. The van der Waals surface area contributed by atoms with Gasteiger partial charge in [0.25, 0.3) is 5.91 Å². The molecule has 1 saturated heterocycles. The van der Waals surface area contributed by atoms with Crippen molar-refractivity contribution in [3.05, 3.63) is 35.9 Å². The van der Waals surface area contributed by atoms with Gasteiger partial charge >= 0.3 is 6.03 Å². The molecule has 0 radical (unpaired) electrons. The molecule has 1 aliphatic heterocycles. The molecule has 3 amide bonds. The highest BCUT2D eigenvalue weighted by Crippen LogP contribution is 2.10. The minimum absolute atomic E-state index is 0.0180. The molecule has 0 aliphatic carbocycles. The van der Waals surface area contributed by atoms with Crippen molar-refractivity contribution in [2.75, 3.05) is 33.2 Å². The van der Waals surface area contributed by atoms with Gasteiger partial charge in [-0.05, 0) is 12.5 Å². The highest BCUT2D eigenvalue weighted by atomic mass is 32.2. The lowest BCUT2D eigenvalue weighted by Crippen LogP contribution is -3.19. The van der Waals surface area contributed by atoms with Crippen LogP contribution in [0.3, 0.4) is 0 Å². The summed E-state index contributed by atoms with van der Waals surface area (Å²) < 4.78 is 26.5. The van der Waals surface area contributed by atoms with Crippen LogP contribution in [0.4, 0.5) is 4.79 Å². The number of nitrogens with one attached hydrogen (secondary N) is 3. The van der Waals surface area contributed by atoms with Crippen LogP contribution in [0, 0.1) is 0 Å². The molecule has 8 nitrogen and oxygen atoms in total. The summed E-state index contributed by atoms with van der Waals surface area (Å²) in [6.45, 7) is 3.51. The molecule has 1 fully saturated rings. The van der Waals surface area contributed by atoms with Crippen molar-refractivity contribution in [3.8, 4) is 0 Å². The van der Waals surface area contributed by atoms with Gasteiger partial charge < -0.3 is 10.2 Å². The lowest BCUT2D eigenvalue weighted by atomic mass is 10.2. The SMILES string of the molecule is CNC(=O)NC(=O)[C@@H](C)[NH+]1CCN(S(=O)(=O)Cc2ccccc2)CC1. The Kier molecular flexibility index (Phi) is 6.51. The minimum Gasteiger partial charge on any atom is -0.341 e. The Labute approximate surface area is 148 Å². The fourth-order valence-corrected chi connectivity index (χ4v) is 4.36. The highest BCUT2D eigenvalue weighted by molar-refractivity contribution is 7.88. The minimum atomic E-state index is -3.37. The number of hydrogen-bond acceptors (Lipinski definition) is 4. The average molecular weight is 369 g/mol. The van der Waals surface area contributed by atoms with Gasteiger partial charge in [0.15, 0.2) is 6.04 Å². The average Bonchev–Trinajstić information content (AvgIpc) is 2.61. The fourth-order valence-electron chi connectivity index (χ4n) is 2.83. The number of benzene rings is 1. The van der Waals surface area contributed by atoms with Gasteiger partial charge in [0.2, 0.25) is 10.0 Å². The van der Waals surface area contributed by atoms with E-state index < -0.39 is 22.1 Å². The molecule has 138 valence electrons. The Morgan fingerprint density at radius 3 is 2.36 bits per heavy atom. The van der Waals surface area contributed by atoms with E-state index in [1.54, 1.807) is 19.1 Å². The van der Waals surface area contributed by atoms with Crippen LogP contribution in [0.1, 0.15) is 12.5 Å². The van der Waals surface area contributed by atoms with Gasteiger partial charge in [0.05, 0.1) is 31.9 Å². The van der Waals surface area contributed by atoms with E-state index in [1.165, 1.54) is 11.4 Å². The molecular formula is C16H25N4O4S+. The molecule has 1 aromatic rings. The van der Waals surface area contributed by atoms with Gasteiger partial charge in [0.1, 0.15) is 0 Å². The molecule has 1 aliphatic rings. The summed E-state index contributed by atoms with van der Waals surface area (Å²) in [5, 5.41) is 4.60. The first-order chi connectivity index (χ1) is 11.8.